The summed E-state index contributed by atoms with van der Waals surface area (Å²) in [6.45, 7) is 0. The summed E-state index contributed by atoms with van der Waals surface area (Å²) >= 11 is 1.62. The molecule has 0 aliphatic carbocycles. The quantitative estimate of drug-likeness (QED) is 0.203. The highest BCUT2D eigenvalue weighted by molar-refractivity contribution is 7.21. The maximum absolute atomic E-state index is 11.0. The van der Waals surface area contributed by atoms with Crippen LogP contribution in [0.3, 0.4) is 0 Å². The van der Waals surface area contributed by atoms with Gasteiger partial charge in [-0.15, -0.1) is 11.3 Å². The van der Waals surface area contributed by atoms with Crippen LogP contribution in [0, 0.1) is 10.1 Å². The number of hydrogen-bond acceptors (Lipinski definition) is 6. The number of aromatic hydroxyl groups is 1. The molecule has 5 aromatic rings. The van der Waals surface area contributed by atoms with Gasteiger partial charge in [0.2, 0.25) is 0 Å². The Morgan fingerprint density at radius 3 is 2.71 bits per heavy atom. The highest BCUT2D eigenvalue weighted by Crippen LogP contribution is 2.32. The molecule has 0 fully saturated rings. The first-order chi connectivity index (χ1) is 15.1. The molecule has 0 saturated heterocycles. The summed E-state index contributed by atoms with van der Waals surface area (Å²) in [7, 11) is 0. The first-order valence-corrected chi connectivity index (χ1v) is 10.3. The number of nitrogens with zero attached hydrogens (tertiary/aromatic N) is 3. The van der Waals surface area contributed by atoms with Gasteiger partial charge in [0.1, 0.15) is 10.8 Å². The maximum Gasteiger partial charge on any atom is 0.270 e. The van der Waals surface area contributed by atoms with Crippen LogP contribution >= 0.6 is 11.3 Å². The van der Waals surface area contributed by atoms with Crippen LogP contribution in [0.4, 0.5) is 11.4 Å². The van der Waals surface area contributed by atoms with Crippen LogP contribution in [0.1, 0.15) is 5.56 Å². The number of phenolic OH excluding ortho intramolecular Hbond substituents is 1. The maximum atomic E-state index is 11.0. The highest BCUT2D eigenvalue weighted by atomic mass is 32.1. The molecule has 1 aromatic heterocycles. The lowest BCUT2D eigenvalue weighted by molar-refractivity contribution is -0.384. The van der Waals surface area contributed by atoms with E-state index in [1.54, 1.807) is 29.7 Å². The molecule has 31 heavy (non-hydrogen) atoms. The van der Waals surface area contributed by atoms with E-state index in [4.69, 9.17) is 4.98 Å². The van der Waals surface area contributed by atoms with E-state index in [2.05, 4.69) is 4.99 Å². The van der Waals surface area contributed by atoms with E-state index in [0.29, 0.717) is 16.3 Å². The summed E-state index contributed by atoms with van der Waals surface area (Å²) in [6.07, 6.45) is 1.58. The predicted octanol–water partition coefficient (Wildman–Crippen LogP) is 6.48. The molecule has 1 N–H and O–H groups in total. The zero-order valence-electron chi connectivity index (χ0n) is 16.1. The van der Waals surface area contributed by atoms with Crippen molar-refractivity contribution < 1.29 is 10.0 Å². The van der Waals surface area contributed by atoms with Gasteiger partial charge in [-0.1, -0.05) is 30.3 Å². The van der Waals surface area contributed by atoms with E-state index in [1.165, 1.54) is 18.2 Å². The Morgan fingerprint density at radius 1 is 1.00 bits per heavy atom. The number of benzene rings is 4. The molecule has 5 rings (SSSR count). The third-order valence-corrected chi connectivity index (χ3v) is 6.05. The second kappa shape index (κ2) is 7.62. The average molecular weight is 425 g/mol. The third-order valence-electron chi connectivity index (χ3n) is 4.96. The minimum Gasteiger partial charge on any atom is -0.507 e. The van der Waals surface area contributed by atoms with Crippen molar-refractivity contribution in [1.82, 2.24) is 4.98 Å². The van der Waals surface area contributed by atoms with Gasteiger partial charge in [0.15, 0.2) is 0 Å². The predicted molar refractivity (Wildman–Crippen MR) is 125 cm³/mol. The summed E-state index contributed by atoms with van der Waals surface area (Å²) in [6, 6.07) is 23.4. The largest absolute Gasteiger partial charge is 0.507 e. The molecular weight excluding hydrogens is 410 g/mol. The molecule has 0 amide bonds. The first-order valence-electron chi connectivity index (χ1n) is 9.49. The minimum absolute atomic E-state index is 0.00427. The molecule has 0 aliphatic rings. The van der Waals surface area contributed by atoms with E-state index in [0.717, 1.165) is 26.5 Å². The fraction of sp³-hybridized carbons (Fsp3) is 0. The fourth-order valence-electron chi connectivity index (χ4n) is 3.43. The van der Waals surface area contributed by atoms with Crippen LogP contribution in [0.15, 0.2) is 83.9 Å². The average Bonchev–Trinajstić information content (AvgIpc) is 3.23. The lowest BCUT2D eigenvalue weighted by Gasteiger charge is -2.05. The number of para-hydroxylation sites is 1. The number of non-ortho nitro benzene ring substituents is 1. The number of hydrogen-bond donors (Lipinski definition) is 1. The van der Waals surface area contributed by atoms with Gasteiger partial charge in [-0.3, -0.25) is 15.1 Å². The van der Waals surface area contributed by atoms with Crippen LogP contribution in [0.2, 0.25) is 0 Å². The van der Waals surface area contributed by atoms with E-state index in [9.17, 15) is 15.2 Å². The molecule has 7 heteroatoms. The number of thiazole rings is 1. The Morgan fingerprint density at radius 2 is 1.87 bits per heavy atom. The molecule has 150 valence electrons. The van der Waals surface area contributed by atoms with Crippen LogP contribution in [-0.4, -0.2) is 21.2 Å². The Kier molecular flexibility index (Phi) is 4.65. The topological polar surface area (TPSA) is 88.6 Å². The van der Waals surface area contributed by atoms with Crippen molar-refractivity contribution in [2.24, 2.45) is 4.99 Å². The lowest BCUT2D eigenvalue weighted by atomic mass is 10.0. The molecule has 0 atom stereocenters. The van der Waals surface area contributed by atoms with E-state index >= 15 is 0 Å². The van der Waals surface area contributed by atoms with Crippen LogP contribution in [-0.2, 0) is 0 Å². The van der Waals surface area contributed by atoms with Gasteiger partial charge in [-0.25, -0.2) is 4.98 Å². The standard InChI is InChI=1S/C24H15N3O3S/c28-22-11-8-15-13-18(27(29)30)9-10-19(15)20(22)14-25-17-5-3-4-16(12-17)24-26-21-6-1-2-7-23(21)31-24/h1-14,28H. The molecule has 0 unspecified atom stereocenters. The number of phenols is 1. The van der Waals surface area contributed by atoms with E-state index in [1.807, 2.05) is 48.5 Å². The second-order valence-electron chi connectivity index (χ2n) is 6.96. The van der Waals surface area contributed by atoms with Crippen molar-refractivity contribution in [3.8, 4) is 16.3 Å². The molecule has 4 aromatic carbocycles. The summed E-state index contributed by atoms with van der Waals surface area (Å²) < 4.78 is 1.13. The van der Waals surface area contributed by atoms with E-state index < -0.39 is 4.92 Å². The van der Waals surface area contributed by atoms with Gasteiger partial charge in [0.25, 0.3) is 5.69 Å². The van der Waals surface area contributed by atoms with Crippen molar-refractivity contribution in [1.29, 1.82) is 0 Å². The monoisotopic (exact) mass is 425 g/mol. The van der Waals surface area contributed by atoms with Crippen molar-refractivity contribution in [2.75, 3.05) is 0 Å². The van der Waals surface area contributed by atoms with Gasteiger partial charge in [0.05, 0.1) is 20.8 Å². The molecular formula is C24H15N3O3S. The van der Waals surface area contributed by atoms with Crippen LogP contribution < -0.4 is 0 Å². The number of nitro benzene ring substituents is 1. The van der Waals surface area contributed by atoms with Gasteiger partial charge in [0, 0.05) is 29.5 Å². The number of fused-ring (bicyclic) bond motifs is 2. The number of aromatic nitrogens is 1. The van der Waals surface area contributed by atoms with E-state index in [-0.39, 0.29) is 11.4 Å². The van der Waals surface area contributed by atoms with Gasteiger partial charge >= 0.3 is 0 Å². The molecule has 1 heterocycles. The fourth-order valence-corrected chi connectivity index (χ4v) is 4.39. The molecule has 0 radical (unpaired) electrons. The molecule has 6 nitrogen and oxygen atoms in total. The Bertz CT molecular complexity index is 1460. The van der Waals surface area contributed by atoms with Crippen molar-refractivity contribution in [3.63, 3.8) is 0 Å². The summed E-state index contributed by atoms with van der Waals surface area (Å²) in [4.78, 5) is 19.8. The van der Waals surface area contributed by atoms with Crippen molar-refractivity contribution >= 4 is 49.9 Å². The van der Waals surface area contributed by atoms with Gasteiger partial charge < -0.3 is 5.11 Å². The summed E-state index contributed by atoms with van der Waals surface area (Å²) in [5.41, 5.74) is 3.16. The van der Waals surface area contributed by atoms with Crippen molar-refractivity contribution in [3.05, 3.63) is 94.5 Å². The zero-order valence-corrected chi connectivity index (χ0v) is 16.9. The second-order valence-corrected chi connectivity index (χ2v) is 7.99. The summed E-state index contributed by atoms with van der Waals surface area (Å²) in [5, 5.41) is 23.7. The minimum atomic E-state index is -0.437. The number of nitro groups is 1. The molecule has 0 aliphatic heterocycles. The van der Waals surface area contributed by atoms with Gasteiger partial charge in [-0.05, 0) is 47.2 Å². The van der Waals surface area contributed by atoms with Crippen LogP contribution in [0.5, 0.6) is 5.75 Å². The van der Waals surface area contributed by atoms with Crippen LogP contribution in [0.25, 0.3) is 31.6 Å². The smallest absolute Gasteiger partial charge is 0.270 e. The molecule has 0 saturated carbocycles. The Balaban J connectivity index is 1.52. The highest BCUT2D eigenvalue weighted by Gasteiger charge is 2.11. The van der Waals surface area contributed by atoms with Gasteiger partial charge in [-0.2, -0.15) is 0 Å². The lowest BCUT2D eigenvalue weighted by Crippen LogP contribution is -1.90. The molecule has 0 bridgehead atoms. The Hall–Kier alpha value is -4.10. The number of rotatable bonds is 4. The zero-order chi connectivity index (χ0) is 21.4. The third kappa shape index (κ3) is 3.62. The summed E-state index contributed by atoms with van der Waals surface area (Å²) in [5.74, 6) is 0.0624. The Labute approximate surface area is 180 Å². The number of aliphatic imine (C=N–C) groups is 1. The normalized spacial score (nSPS) is 11.5. The molecule has 0 spiro atoms. The first kappa shape index (κ1) is 18.9. The van der Waals surface area contributed by atoms with Crippen molar-refractivity contribution in [2.45, 2.75) is 0 Å². The SMILES string of the molecule is O=[N+]([O-])c1ccc2c(C=Nc3cccc(-c4nc5ccccc5s4)c3)c(O)ccc2c1.